The summed E-state index contributed by atoms with van der Waals surface area (Å²) in [5, 5.41) is 2.53. The van der Waals surface area contributed by atoms with Gasteiger partial charge in [-0.1, -0.05) is 29.3 Å². The number of benzene rings is 2. The Morgan fingerprint density at radius 2 is 1.78 bits per heavy atom. The Bertz CT molecular complexity index is 966. The molecule has 0 unspecified atom stereocenters. The molecule has 11 heteroatoms. The van der Waals surface area contributed by atoms with E-state index >= 15 is 0 Å². The fraction of sp³-hybridized carbons (Fsp3) is 0.188. The summed E-state index contributed by atoms with van der Waals surface area (Å²) in [6.07, 6.45) is -3.69. The van der Waals surface area contributed by atoms with E-state index < -0.39 is 34.2 Å². The lowest BCUT2D eigenvalue weighted by Gasteiger charge is -2.22. The number of hydrogen-bond acceptors (Lipinski definition) is 3. The summed E-state index contributed by atoms with van der Waals surface area (Å²) >= 11 is 11.7. The summed E-state index contributed by atoms with van der Waals surface area (Å²) < 4.78 is 63.0. The van der Waals surface area contributed by atoms with Crippen LogP contribution in [0.5, 0.6) is 0 Å². The lowest BCUT2D eigenvalue weighted by molar-refractivity contribution is -0.137. The number of alkyl halides is 3. The van der Waals surface area contributed by atoms with Gasteiger partial charge < -0.3 is 5.32 Å². The van der Waals surface area contributed by atoms with Crippen LogP contribution >= 0.6 is 23.2 Å². The number of hydrogen-bond donors (Lipinski definition) is 1. The maximum absolute atomic E-state index is 12.7. The second-order valence-corrected chi connectivity index (χ2v) is 8.22. The van der Waals surface area contributed by atoms with E-state index in [0.717, 1.165) is 28.8 Å². The van der Waals surface area contributed by atoms with E-state index in [1.165, 1.54) is 24.3 Å². The zero-order valence-electron chi connectivity index (χ0n) is 13.7. The third kappa shape index (κ3) is 5.75. The van der Waals surface area contributed by atoms with Crippen molar-refractivity contribution in [2.45, 2.75) is 6.18 Å². The predicted octanol–water partition coefficient (Wildman–Crippen LogP) is 4.42. The number of rotatable bonds is 5. The Morgan fingerprint density at radius 3 is 2.33 bits per heavy atom. The number of halogens is 5. The van der Waals surface area contributed by atoms with Crippen molar-refractivity contribution in [3.8, 4) is 0 Å². The van der Waals surface area contributed by atoms with Gasteiger partial charge in [-0.05, 0) is 36.4 Å². The molecule has 0 aromatic heterocycles. The van der Waals surface area contributed by atoms with E-state index in [1.807, 2.05) is 0 Å². The fourth-order valence-electron chi connectivity index (χ4n) is 2.14. The molecule has 2 rings (SSSR count). The predicted molar refractivity (Wildman–Crippen MR) is 98.7 cm³/mol. The van der Waals surface area contributed by atoms with E-state index in [4.69, 9.17) is 23.2 Å². The van der Waals surface area contributed by atoms with Gasteiger partial charge in [0.05, 0.1) is 27.6 Å². The normalized spacial score (nSPS) is 11.9. The second kappa shape index (κ2) is 7.95. The van der Waals surface area contributed by atoms with Crippen LogP contribution in [0.3, 0.4) is 0 Å². The minimum atomic E-state index is -4.57. The lowest BCUT2D eigenvalue weighted by Crippen LogP contribution is -2.37. The van der Waals surface area contributed by atoms with E-state index in [2.05, 4.69) is 5.32 Å². The Hall–Kier alpha value is -1.97. The zero-order valence-corrected chi connectivity index (χ0v) is 16.0. The van der Waals surface area contributed by atoms with Gasteiger partial charge in [0.2, 0.25) is 15.9 Å². The molecular weight excluding hydrogens is 428 g/mol. The number of carbonyl (C=O) groups excluding carboxylic acids is 1. The number of sulfonamides is 1. The summed E-state index contributed by atoms with van der Waals surface area (Å²) in [6, 6.07) is 7.98. The molecule has 0 aliphatic carbocycles. The molecule has 146 valence electrons. The number of carbonyl (C=O) groups is 1. The largest absolute Gasteiger partial charge is 0.416 e. The van der Waals surface area contributed by atoms with E-state index in [9.17, 15) is 26.4 Å². The SMILES string of the molecule is CS(=O)(=O)N(CC(=O)Nc1cccc(C(F)(F)F)c1)c1ccc(Cl)c(Cl)c1. The molecule has 0 bridgehead atoms. The number of anilines is 2. The maximum Gasteiger partial charge on any atom is 0.416 e. The lowest BCUT2D eigenvalue weighted by atomic mass is 10.2. The maximum atomic E-state index is 12.7. The van der Waals surface area contributed by atoms with Crippen LogP contribution in [0.2, 0.25) is 10.0 Å². The molecule has 2 aromatic rings. The second-order valence-electron chi connectivity index (χ2n) is 5.49. The number of nitrogens with one attached hydrogen (secondary N) is 1. The average molecular weight is 441 g/mol. The zero-order chi connectivity index (χ0) is 20.4. The van der Waals surface area contributed by atoms with Gasteiger partial charge in [-0.25, -0.2) is 8.42 Å². The van der Waals surface area contributed by atoms with Crippen molar-refractivity contribution >= 4 is 50.5 Å². The molecule has 2 aromatic carbocycles. The molecule has 1 N–H and O–H groups in total. The van der Waals surface area contributed by atoms with Gasteiger partial charge in [-0.2, -0.15) is 13.2 Å². The van der Waals surface area contributed by atoms with Crippen LogP contribution in [0.4, 0.5) is 24.5 Å². The standard InChI is InChI=1S/C16H13Cl2F3N2O3S/c1-27(25,26)23(12-5-6-13(17)14(18)8-12)9-15(24)22-11-4-2-3-10(7-11)16(19,20)21/h2-8H,9H2,1H3,(H,22,24). The Morgan fingerprint density at radius 1 is 1.11 bits per heavy atom. The summed E-state index contributed by atoms with van der Waals surface area (Å²) in [7, 11) is -3.88. The highest BCUT2D eigenvalue weighted by Crippen LogP contribution is 2.31. The fourth-order valence-corrected chi connectivity index (χ4v) is 3.29. The van der Waals surface area contributed by atoms with Crippen molar-refractivity contribution in [3.05, 3.63) is 58.1 Å². The quantitative estimate of drug-likeness (QED) is 0.748. The third-order valence-electron chi connectivity index (χ3n) is 3.35. The van der Waals surface area contributed by atoms with Gasteiger partial charge in [0.25, 0.3) is 0 Å². The van der Waals surface area contributed by atoms with Crippen LogP contribution in [0.15, 0.2) is 42.5 Å². The average Bonchev–Trinajstić information content (AvgIpc) is 2.54. The van der Waals surface area contributed by atoms with Crippen LogP contribution in [0.25, 0.3) is 0 Å². The highest BCUT2D eigenvalue weighted by molar-refractivity contribution is 7.92. The highest BCUT2D eigenvalue weighted by atomic mass is 35.5. The van der Waals surface area contributed by atoms with E-state index in [0.29, 0.717) is 0 Å². The molecule has 27 heavy (non-hydrogen) atoms. The molecular formula is C16H13Cl2F3N2O3S. The first kappa shape index (κ1) is 21.3. The van der Waals surface area contributed by atoms with Crippen LogP contribution in [0.1, 0.15) is 5.56 Å². The number of nitrogens with zero attached hydrogens (tertiary/aromatic N) is 1. The summed E-state index contributed by atoms with van der Waals surface area (Å²) in [6.45, 7) is -0.660. The van der Waals surface area contributed by atoms with Crippen molar-refractivity contribution in [3.63, 3.8) is 0 Å². The van der Waals surface area contributed by atoms with Crippen molar-refractivity contribution in [1.82, 2.24) is 0 Å². The first-order valence-corrected chi connectivity index (χ1v) is 9.88. The van der Waals surface area contributed by atoms with E-state index in [1.54, 1.807) is 0 Å². The molecule has 0 heterocycles. The molecule has 0 fully saturated rings. The summed E-state index contributed by atoms with van der Waals surface area (Å²) in [5.74, 6) is -0.828. The van der Waals surface area contributed by atoms with Crippen molar-refractivity contribution in [2.24, 2.45) is 0 Å². The van der Waals surface area contributed by atoms with Crippen molar-refractivity contribution < 1.29 is 26.4 Å². The Kier molecular flexibility index (Phi) is 6.28. The summed E-state index contributed by atoms with van der Waals surface area (Å²) in [4.78, 5) is 12.2. The van der Waals surface area contributed by atoms with Gasteiger partial charge in [-0.3, -0.25) is 9.10 Å². The molecule has 0 aliphatic rings. The third-order valence-corrected chi connectivity index (χ3v) is 5.23. The number of amides is 1. The Labute approximate surface area is 163 Å². The van der Waals surface area contributed by atoms with Crippen molar-refractivity contribution in [2.75, 3.05) is 22.4 Å². The minimum Gasteiger partial charge on any atom is -0.325 e. The molecule has 0 radical (unpaired) electrons. The topological polar surface area (TPSA) is 66.5 Å². The van der Waals surface area contributed by atoms with Gasteiger partial charge >= 0.3 is 6.18 Å². The first-order valence-electron chi connectivity index (χ1n) is 7.28. The van der Waals surface area contributed by atoms with E-state index in [-0.39, 0.29) is 21.4 Å². The molecule has 0 aliphatic heterocycles. The van der Waals surface area contributed by atoms with Gasteiger partial charge in [0, 0.05) is 5.69 Å². The smallest absolute Gasteiger partial charge is 0.325 e. The first-order chi connectivity index (χ1) is 12.4. The van der Waals surface area contributed by atoms with Gasteiger partial charge in [0.1, 0.15) is 6.54 Å². The van der Waals surface area contributed by atoms with Crippen LogP contribution in [-0.4, -0.2) is 27.1 Å². The molecule has 0 spiro atoms. The molecule has 5 nitrogen and oxygen atoms in total. The van der Waals surface area contributed by atoms with Gasteiger partial charge in [0.15, 0.2) is 0 Å². The monoisotopic (exact) mass is 440 g/mol. The molecule has 0 atom stereocenters. The summed E-state index contributed by atoms with van der Waals surface area (Å²) in [5.41, 5.74) is -0.965. The molecule has 1 amide bonds. The van der Waals surface area contributed by atoms with Crippen LogP contribution in [-0.2, 0) is 21.0 Å². The van der Waals surface area contributed by atoms with Crippen LogP contribution < -0.4 is 9.62 Å². The van der Waals surface area contributed by atoms with Crippen molar-refractivity contribution in [1.29, 1.82) is 0 Å². The molecule has 0 saturated carbocycles. The molecule has 0 saturated heterocycles. The Balaban J connectivity index is 2.23. The van der Waals surface area contributed by atoms with Gasteiger partial charge in [-0.15, -0.1) is 0 Å². The highest BCUT2D eigenvalue weighted by Gasteiger charge is 2.30. The minimum absolute atomic E-state index is 0.0844. The van der Waals surface area contributed by atoms with Crippen LogP contribution in [0, 0.1) is 0 Å².